The van der Waals surface area contributed by atoms with Crippen molar-refractivity contribution in [2.45, 2.75) is 33.6 Å². The van der Waals surface area contributed by atoms with E-state index in [9.17, 15) is 14.4 Å². The van der Waals surface area contributed by atoms with Crippen LogP contribution < -0.4 is 10.6 Å². The zero-order valence-corrected chi connectivity index (χ0v) is 17.6. The average Bonchev–Trinajstić information content (AvgIpc) is 3.14. The molecule has 0 atom stereocenters. The first-order chi connectivity index (χ1) is 13.8. The van der Waals surface area contributed by atoms with Gasteiger partial charge < -0.3 is 15.5 Å². The first-order valence-electron chi connectivity index (χ1n) is 9.60. The molecule has 0 aliphatic carbocycles. The Morgan fingerprint density at radius 1 is 1.14 bits per heavy atom. The topological polar surface area (TPSA) is 104 Å². The van der Waals surface area contributed by atoms with E-state index in [1.165, 1.54) is 0 Å². The third-order valence-electron chi connectivity index (χ3n) is 5.15. The minimum atomic E-state index is -0.667. The Balaban J connectivity index is 1.44. The van der Waals surface area contributed by atoms with E-state index in [2.05, 4.69) is 20.2 Å². The highest BCUT2D eigenvalue weighted by atomic mass is 32.1. The lowest BCUT2D eigenvalue weighted by Crippen LogP contribution is -2.43. The van der Waals surface area contributed by atoms with Crippen LogP contribution in [0.15, 0.2) is 18.2 Å². The normalized spacial score (nSPS) is 14.5. The van der Waals surface area contributed by atoms with Crippen LogP contribution in [0.3, 0.4) is 0 Å². The highest BCUT2D eigenvalue weighted by molar-refractivity contribution is 7.07. The predicted octanol–water partition coefficient (Wildman–Crippen LogP) is 2.07. The SMILES string of the molecule is Cc1ccc(C)c(NC(=O)C(=O)NCC2CCN(C(=O)c3snnc3C)CC2)c1. The van der Waals surface area contributed by atoms with E-state index in [4.69, 9.17) is 0 Å². The van der Waals surface area contributed by atoms with Gasteiger partial charge in [0.05, 0.1) is 5.69 Å². The van der Waals surface area contributed by atoms with Crippen molar-refractivity contribution in [1.29, 1.82) is 0 Å². The van der Waals surface area contributed by atoms with E-state index in [0.717, 1.165) is 35.5 Å². The van der Waals surface area contributed by atoms with Crippen LogP contribution in [0.2, 0.25) is 0 Å². The summed E-state index contributed by atoms with van der Waals surface area (Å²) in [6.45, 7) is 7.24. The Morgan fingerprint density at radius 3 is 2.52 bits per heavy atom. The first kappa shape index (κ1) is 20.9. The van der Waals surface area contributed by atoms with Gasteiger partial charge in [-0.3, -0.25) is 14.4 Å². The number of likely N-dealkylation sites (tertiary alicyclic amines) is 1. The molecule has 1 aliphatic rings. The summed E-state index contributed by atoms with van der Waals surface area (Å²) in [5.41, 5.74) is 3.21. The molecule has 2 aromatic rings. The standard InChI is InChI=1S/C20H25N5O3S/c1-12-4-5-13(2)16(10-12)22-19(27)18(26)21-11-15-6-8-25(9-7-15)20(28)17-14(3)23-24-29-17/h4-5,10,15H,6-9,11H2,1-3H3,(H,21,26)(H,22,27). The van der Waals surface area contributed by atoms with E-state index >= 15 is 0 Å². The minimum Gasteiger partial charge on any atom is -0.348 e. The Hall–Kier alpha value is -2.81. The van der Waals surface area contributed by atoms with Crippen LogP contribution in [0.1, 0.15) is 39.3 Å². The second kappa shape index (κ2) is 9.13. The number of hydrogen-bond donors (Lipinski definition) is 2. The van der Waals surface area contributed by atoms with Crippen molar-refractivity contribution in [3.05, 3.63) is 39.9 Å². The third-order valence-corrected chi connectivity index (χ3v) is 5.96. The molecule has 0 bridgehead atoms. The Kier molecular flexibility index (Phi) is 6.58. The quantitative estimate of drug-likeness (QED) is 0.744. The van der Waals surface area contributed by atoms with Gasteiger partial charge in [-0.05, 0) is 68.3 Å². The highest BCUT2D eigenvalue weighted by Gasteiger charge is 2.26. The summed E-state index contributed by atoms with van der Waals surface area (Å²) in [7, 11) is 0. The second-order valence-corrected chi connectivity index (χ2v) is 8.16. The minimum absolute atomic E-state index is 0.0344. The summed E-state index contributed by atoms with van der Waals surface area (Å²) in [5, 5.41) is 9.27. The number of amides is 3. The largest absolute Gasteiger partial charge is 0.348 e. The molecule has 154 valence electrons. The van der Waals surface area contributed by atoms with Crippen molar-refractivity contribution >= 4 is 34.9 Å². The molecule has 0 radical (unpaired) electrons. The monoisotopic (exact) mass is 415 g/mol. The van der Waals surface area contributed by atoms with Gasteiger partial charge in [0.15, 0.2) is 0 Å². The van der Waals surface area contributed by atoms with Gasteiger partial charge in [-0.1, -0.05) is 16.6 Å². The van der Waals surface area contributed by atoms with Crippen molar-refractivity contribution in [3.8, 4) is 0 Å². The maximum absolute atomic E-state index is 12.5. The van der Waals surface area contributed by atoms with Gasteiger partial charge in [0.2, 0.25) is 0 Å². The zero-order chi connectivity index (χ0) is 21.0. The summed E-state index contributed by atoms with van der Waals surface area (Å²) >= 11 is 1.12. The number of hydrogen-bond acceptors (Lipinski definition) is 6. The number of piperidine rings is 1. The number of benzene rings is 1. The molecule has 9 heteroatoms. The van der Waals surface area contributed by atoms with Crippen LogP contribution in [-0.4, -0.2) is 51.8 Å². The molecule has 1 fully saturated rings. The van der Waals surface area contributed by atoms with Crippen LogP contribution in [0, 0.1) is 26.7 Å². The van der Waals surface area contributed by atoms with Gasteiger partial charge in [0.25, 0.3) is 5.91 Å². The summed E-state index contributed by atoms with van der Waals surface area (Å²) in [5.74, 6) is -1.11. The van der Waals surface area contributed by atoms with Crippen LogP contribution in [-0.2, 0) is 9.59 Å². The Morgan fingerprint density at radius 2 is 1.86 bits per heavy atom. The van der Waals surface area contributed by atoms with Crippen LogP contribution in [0.5, 0.6) is 0 Å². The van der Waals surface area contributed by atoms with Gasteiger partial charge >= 0.3 is 11.8 Å². The number of aromatic nitrogens is 2. The van der Waals surface area contributed by atoms with E-state index in [0.29, 0.717) is 35.9 Å². The molecule has 0 unspecified atom stereocenters. The van der Waals surface area contributed by atoms with Gasteiger partial charge in [0, 0.05) is 25.3 Å². The summed E-state index contributed by atoms with van der Waals surface area (Å²) in [6, 6.07) is 5.70. The number of carbonyl (C=O) groups is 3. The van der Waals surface area contributed by atoms with Gasteiger partial charge in [-0.25, -0.2) is 0 Å². The Bertz CT molecular complexity index is 919. The smallest absolute Gasteiger partial charge is 0.313 e. The second-order valence-electron chi connectivity index (χ2n) is 7.41. The number of rotatable bonds is 4. The maximum Gasteiger partial charge on any atom is 0.313 e. The fourth-order valence-corrected chi connectivity index (χ4v) is 3.90. The van der Waals surface area contributed by atoms with E-state index in [-0.39, 0.29) is 11.8 Å². The van der Waals surface area contributed by atoms with Crippen molar-refractivity contribution in [2.24, 2.45) is 5.92 Å². The predicted molar refractivity (Wildman–Crippen MR) is 111 cm³/mol. The lowest BCUT2D eigenvalue weighted by molar-refractivity contribution is -0.136. The molecular formula is C20H25N5O3S. The average molecular weight is 416 g/mol. The van der Waals surface area contributed by atoms with Crippen molar-refractivity contribution < 1.29 is 14.4 Å². The highest BCUT2D eigenvalue weighted by Crippen LogP contribution is 2.21. The molecule has 2 heterocycles. The van der Waals surface area contributed by atoms with Gasteiger partial charge in [-0.2, -0.15) is 0 Å². The molecule has 1 aliphatic heterocycles. The number of aryl methyl sites for hydroxylation is 3. The fourth-order valence-electron chi connectivity index (χ4n) is 3.28. The summed E-state index contributed by atoms with van der Waals surface area (Å²) in [6.07, 6.45) is 1.55. The van der Waals surface area contributed by atoms with E-state index < -0.39 is 11.8 Å². The molecule has 1 aromatic carbocycles. The van der Waals surface area contributed by atoms with E-state index in [1.807, 2.05) is 32.0 Å². The van der Waals surface area contributed by atoms with Crippen LogP contribution in [0.4, 0.5) is 5.69 Å². The molecule has 1 aromatic heterocycles. The van der Waals surface area contributed by atoms with Crippen molar-refractivity contribution in [1.82, 2.24) is 19.8 Å². The fraction of sp³-hybridized carbons (Fsp3) is 0.450. The summed E-state index contributed by atoms with van der Waals surface area (Å²) in [4.78, 5) is 39.2. The molecule has 3 rings (SSSR count). The molecule has 0 saturated carbocycles. The molecule has 29 heavy (non-hydrogen) atoms. The molecule has 0 spiro atoms. The van der Waals surface area contributed by atoms with Crippen molar-refractivity contribution in [3.63, 3.8) is 0 Å². The first-order valence-corrected chi connectivity index (χ1v) is 10.4. The number of nitrogens with zero attached hydrogens (tertiary/aromatic N) is 3. The number of anilines is 1. The van der Waals surface area contributed by atoms with Crippen LogP contribution in [0.25, 0.3) is 0 Å². The summed E-state index contributed by atoms with van der Waals surface area (Å²) < 4.78 is 3.82. The lowest BCUT2D eigenvalue weighted by Gasteiger charge is -2.31. The van der Waals surface area contributed by atoms with Crippen molar-refractivity contribution in [2.75, 3.05) is 25.0 Å². The maximum atomic E-state index is 12.5. The lowest BCUT2D eigenvalue weighted by atomic mass is 9.96. The Labute approximate surface area is 173 Å². The van der Waals surface area contributed by atoms with Gasteiger partial charge in [-0.15, -0.1) is 5.10 Å². The molecular weight excluding hydrogens is 390 g/mol. The number of nitrogens with one attached hydrogen (secondary N) is 2. The molecule has 1 saturated heterocycles. The number of carbonyl (C=O) groups excluding carboxylic acids is 3. The molecule has 2 N–H and O–H groups in total. The molecule has 3 amide bonds. The van der Waals surface area contributed by atoms with E-state index in [1.54, 1.807) is 11.8 Å². The zero-order valence-electron chi connectivity index (χ0n) is 16.8. The molecule has 8 nitrogen and oxygen atoms in total. The van der Waals surface area contributed by atoms with Crippen LogP contribution >= 0.6 is 11.5 Å². The van der Waals surface area contributed by atoms with Gasteiger partial charge in [0.1, 0.15) is 4.88 Å². The third kappa shape index (κ3) is 5.17.